The fourth-order valence-corrected chi connectivity index (χ4v) is 6.00. The lowest BCUT2D eigenvalue weighted by Crippen LogP contribution is -2.55. The summed E-state index contributed by atoms with van der Waals surface area (Å²) in [7, 11) is -1.29. The average molecular weight is 338 g/mol. The van der Waals surface area contributed by atoms with E-state index in [1.54, 1.807) is 5.47 Å². The molecule has 0 aliphatic carbocycles. The Bertz CT molecular complexity index is 330. The molecule has 0 spiro atoms. The van der Waals surface area contributed by atoms with Crippen LogP contribution in [-0.4, -0.2) is 50.9 Å². The quantitative estimate of drug-likeness (QED) is 0.435. The average Bonchev–Trinajstić information content (AvgIpc) is 2.50. The van der Waals surface area contributed by atoms with Crippen molar-refractivity contribution in [2.75, 3.05) is 26.2 Å². The second kappa shape index (κ2) is 11.5. The predicted molar refractivity (Wildman–Crippen MR) is 112 cm³/mol. The van der Waals surface area contributed by atoms with Crippen molar-refractivity contribution in [3.05, 3.63) is 10.7 Å². The molecule has 0 saturated heterocycles. The number of rotatable bonds is 12. The van der Waals surface area contributed by atoms with Gasteiger partial charge in [0.1, 0.15) is 0 Å². The second-order valence-corrected chi connectivity index (χ2v) is 12.7. The zero-order chi connectivity index (χ0) is 18.0. The first-order valence-corrected chi connectivity index (χ1v) is 13.5. The molecule has 0 N–H and O–H groups in total. The molecule has 0 aliphatic rings. The molecule has 0 atom stereocenters. The largest absolute Gasteiger partial charge is 0.341 e. The highest BCUT2D eigenvalue weighted by atomic mass is 28.3. The fraction of sp³-hybridized carbons (Fsp3) is 0.895. The Hall–Kier alpha value is -0.0582. The molecule has 0 aromatic heterocycles. The van der Waals surface area contributed by atoms with E-state index in [1.807, 2.05) is 5.20 Å². The van der Waals surface area contributed by atoms with Gasteiger partial charge in [-0.2, -0.15) is 0 Å². The number of hydrogen-bond donors (Lipinski definition) is 0. The summed E-state index contributed by atoms with van der Waals surface area (Å²) in [5.41, 5.74) is 1.76. The zero-order valence-electron chi connectivity index (χ0n) is 17.6. The molecule has 23 heavy (non-hydrogen) atoms. The van der Waals surface area contributed by atoms with Crippen LogP contribution in [0.5, 0.6) is 0 Å². The van der Waals surface area contributed by atoms with Gasteiger partial charge in [0.25, 0.3) is 0 Å². The molecule has 2 nitrogen and oxygen atoms in total. The van der Waals surface area contributed by atoms with E-state index >= 15 is 0 Å². The summed E-state index contributed by atoms with van der Waals surface area (Å²) in [6.07, 6.45) is 5.09. The van der Waals surface area contributed by atoms with Gasteiger partial charge >= 0.3 is 6.98 Å². The second-order valence-electron chi connectivity index (χ2n) is 7.57. The Kier molecular flexibility index (Phi) is 11.5. The lowest BCUT2D eigenvalue weighted by Gasteiger charge is -2.39. The molecule has 0 amide bonds. The van der Waals surface area contributed by atoms with Crippen LogP contribution in [-0.2, 0) is 0 Å². The third-order valence-electron chi connectivity index (χ3n) is 4.94. The topological polar surface area (TPSA) is 6.48 Å². The van der Waals surface area contributed by atoms with Crippen LogP contribution in [0.4, 0.5) is 0 Å². The third kappa shape index (κ3) is 6.75. The molecule has 0 aliphatic heterocycles. The van der Waals surface area contributed by atoms with Crippen LogP contribution in [0, 0.1) is 0 Å². The molecular weight excluding hydrogens is 295 g/mol. The van der Waals surface area contributed by atoms with E-state index in [0.717, 1.165) is 26.2 Å². The van der Waals surface area contributed by atoms with Crippen molar-refractivity contribution >= 4 is 15.1 Å². The SMILES string of the molecule is CCC/C(B(N(CC)CC)N(CC)CC)=C(\CCC)[Si](C)(C)C. The van der Waals surface area contributed by atoms with Crippen LogP contribution in [0.2, 0.25) is 19.6 Å². The van der Waals surface area contributed by atoms with Crippen molar-refractivity contribution in [2.45, 2.75) is 86.9 Å². The highest BCUT2D eigenvalue weighted by molar-refractivity contribution is 6.84. The molecule has 0 aromatic carbocycles. The third-order valence-corrected chi connectivity index (χ3v) is 7.32. The van der Waals surface area contributed by atoms with Crippen LogP contribution in [0.1, 0.15) is 67.2 Å². The Morgan fingerprint density at radius 2 is 1.09 bits per heavy atom. The highest BCUT2D eigenvalue weighted by Gasteiger charge is 2.35. The van der Waals surface area contributed by atoms with Crippen LogP contribution in [0.3, 0.4) is 0 Å². The van der Waals surface area contributed by atoms with Gasteiger partial charge in [-0.15, -0.1) is 0 Å². The monoisotopic (exact) mass is 338 g/mol. The van der Waals surface area contributed by atoms with Gasteiger partial charge in [-0.25, -0.2) is 0 Å². The number of nitrogens with zero attached hydrogens (tertiary/aromatic N) is 2. The van der Waals surface area contributed by atoms with Crippen LogP contribution in [0.15, 0.2) is 10.7 Å². The molecule has 0 heterocycles. The summed E-state index contributed by atoms with van der Waals surface area (Å²) in [5, 5.41) is 1.84. The van der Waals surface area contributed by atoms with Crippen molar-refractivity contribution in [1.82, 2.24) is 9.62 Å². The van der Waals surface area contributed by atoms with Crippen molar-refractivity contribution in [1.29, 1.82) is 0 Å². The minimum atomic E-state index is -1.29. The zero-order valence-corrected chi connectivity index (χ0v) is 18.6. The van der Waals surface area contributed by atoms with Crippen LogP contribution >= 0.6 is 0 Å². The lowest BCUT2D eigenvalue weighted by molar-refractivity contribution is 0.382. The molecule has 0 saturated carbocycles. The molecule has 0 bridgehead atoms. The first-order chi connectivity index (χ1) is 10.8. The van der Waals surface area contributed by atoms with Gasteiger partial charge in [0.15, 0.2) is 0 Å². The van der Waals surface area contributed by atoms with E-state index in [9.17, 15) is 0 Å². The molecule has 0 fully saturated rings. The van der Waals surface area contributed by atoms with Crippen molar-refractivity contribution in [2.24, 2.45) is 0 Å². The van der Waals surface area contributed by atoms with Gasteiger partial charge in [0, 0.05) is 0 Å². The molecule has 0 aromatic rings. The summed E-state index contributed by atoms with van der Waals surface area (Å²) < 4.78 is 0. The molecular formula is C19H43BN2Si. The smallest absolute Gasteiger partial charge is 0.325 e. The van der Waals surface area contributed by atoms with Crippen molar-refractivity contribution in [3.8, 4) is 0 Å². The minimum Gasteiger partial charge on any atom is -0.325 e. The van der Waals surface area contributed by atoms with Crippen molar-refractivity contribution < 1.29 is 0 Å². The molecule has 4 heteroatoms. The Morgan fingerprint density at radius 1 is 0.696 bits per heavy atom. The van der Waals surface area contributed by atoms with E-state index in [-0.39, 0.29) is 0 Å². The van der Waals surface area contributed by atoms with Gasteiger partial charge in [-0.3, -0.25) is 0 Å². The Morgan fingerprint density at radius 3 is 1.35 bits per heavy atom. The molecule has 0 unspecified atom stereocenters. The fourth-order valence-electron chi connectivity index (χ4n) is 3.78. The predicted octanol–water partition coefficient (Wildman–Crippen LogP) is 5.47. The van der Waals surface area contributed by atoms with Gasteiger partial charge in [0.2, 0.25) is 0 Å². The van der Waals surface area contributed by atoms with E-state index < -0.39 is 8.07 Å². The molecule has 0 rings (SSSR count). The Balaban J connectivity index is 6.20. The maximum Gasteiger partial charge on any atom is 0.341 e. The summed E-state index contributed by atoms with van der Waals surface area (Å²) in [6.45, 7) is 26.6. The van der Waals surface area contributed by atoms with Crippen LogP contribution in [0.25, 0.3) is 0 Å². The molecule has 136 valence electrons. The highest BCUT2D eigenvalue weighted by Crippen LogP contribution is 2.29. The van der Waals surface area contributed by atoms with Gasteiger partial charge in [-0.1, -0.05) is 84.7 Å². The maximum atomic E-state index is 2.67. The van der Waals surface area contributed by atoms with Gasteiger partial charge in [-0.05, 0) is 39.0 Å². The standard InChI is InChI=1S/C19H43BN2Si/c1-10-16-18(19(17-11-2)23(7,8)9)20(21(12-3)13-4)22(14-5)15-6/h10-17H2,1-9H3/b19-18-. The summed E-state index contributed by atoms with van der Waals surface area (Å²) in [5.74, 6) is 0. The Labute approximate surface area is 148 Å². The summed E-state index contributed by atoms with van der Waals surface area (Å²) in [4.78, 5) is 5.35. The van der Waals surface area contributed by atoms with Crippen LogP contribution < -0.4 is 0 Å². The first-order valence-electron chi connectivity index (χ1n) is 10.0. The molecule has 0 radical (unpaired) electrons. The van der Waals surface area contributed by atoms with Gasteiger partial charge < -0.3 is 9.62 Å². The maximum absolute atomic E-state index is 2.67. The van der Waals surface area contributed by atoms with E-state index in [1.165, 1.54) is 25.7 Å². The summed E-state index contributed by atoms with van der Waals surface area (Å²) in [6, 6.07) is 0. The number of allylic oxidation sites excluding steroid dienone is 2. The van der Waals surface area contributed by atoms with E-state index in [2.05, 4.69) is 70.8 Å². The first kappa shape index (κ1) is 22.9. The van der Waals surface area contributed by atoms with Gasteiger partial charge in [0.05, 0.1) is 8.07 Å². The lowest BCUT2D eigenvalue weighted by atomic mass is 9.60. The normalized spacial score (nSPS) is 13.7. The van der Waals surface area contributed by atoms with E-state index in [0.29, 0.717) is 6.98 Å². The number of hydrogen-bond acceptors (Lipinski definition) is 2. The van der Waals surface area contributed by atoms with E-state index in [4.69, 9.17) is 0 Å². The minimum absolute atomic E-state index is 0.508. The summed E-state index contributed by atoms with van der Waals surface area (Å²) >= 11 is 0. The van der Waals surface area contributed by atoms with Crippen molar-refractivity contribution in [3.63, 3.8) is 0 Å².